The third-order valence-corrected chi connectivity index (χ3v) is 2.72. The van der Waals surface area contributed by atoms with Gasteiger partial charge >= 0.3 is 0 Å². The van der Waals surface area contributed by atoms with Crippen molar-refractivity contribution < 1.29 is 4.79 Å². The number of rotatable bonds is 7. The van der Waals surface area contributed by atoms with Crippen LogP contribution in [0.2, 0.25) is 0 Å². The van der Waals surface area contributed by atoms with Gasteiger partial charge in [-0.2, -0.15) is 0 Å². The monoisotopic (exact) mass is 234 g/mol. The van der Waals surface area contributed by atoms with Crippen molar-refractivity contribution in [1.29, 1.82) is 0 Å². The first kappa shape index (κ1) is 13.7. The highest BCUT2D eigenvalue weighted by Crippen LogP contribution is 2.01. The van der Waals surface area contributed by atoms with Crippen LogP contribution in [0.1, 0.15) is 31.7 Å². The fourth-order valence-electron chi connectivity index (χ4n) is 1.72. The first-order valence-electron chi connectivity index (χ1n) is 6.31. The number of benzene rings is 1. The molecule has 0 saturated heterocycles. The molecule has 0 aliphatic carbocycles. The van der Waals surface area contributed by atoms with Crippen LogP contribution in [0.3, 0.4) is 0 Å². The zero-order valence-electron chi connectivity index (χ0n) is 10.5. The van der Waals surface area contributed by atoms with Crippen LogP contribution >= 0.6 is 0 Å². The molecule has 0 aliphatic rings. The maximum absolute atomic E-state index is 11.5. The lowest BCUT2D eigenvalue weighted by atomic mass is 10.1. The Hall–Kier alpha value is -1.35. The normalized spacial score (nSPS) is 12.1. The topological polar surface area (TPSA) is 55.1 Å². The third-order valence-electron chi connectivity index (χ3n) is 2.72. The van der Waals surface area contributed by atoms with Crippen LogP contribution in [-0.4, -0.2) is 18.5 Å². The molecule has 94 valence electrons. The number of carbonyl (C=O) groups is 1. The van der Waals surface area contributed by atoms with E-state index in [9.17, 15) is 4.79 Å². The number of hydrogen-bond acceptors (Lipinski definition) is 2. The van der Waals surface area contributed by atoms with Crippen LogP contribution in [0.25, 0.3) is 0 Å². The SMILES string of the molecule is CCC[C@H](N)C(=O)NCCCc1ccccc1. The lowest BCUT2D eigenvalue weighted by Crippen LogP contribution is -2.40. The van der Waals surface area contributed by atoms with E-state index >= 15 is 0 Å². The first-order chi connectivity index (χ1) is 8.24. The molecule has 1 rings (SSSR count). The van der Waals surface area contributed by atoms with Crippen molar-refractivity contribution >= 4 is 5.91 Å². The molecule has 3 nitrogen and oxygen atoms in total. The van der Waals surface area contributed by atoms with Gasteiger partial charge in [-0.1, -0.05) is 43.7 Å². The minimum Gasteiger partial charge on any atom is -0.355 e. The van der Waals surface area contributed by atoms with E-state index in [2.05, 4.69) is 17.4 Å². The summed E-state index contributed by atoms with van der Waals surface area (Å²) in [5.41, 5.74) is 7.01. The van der Waals surface area contributed by atoms with E-state index in [0.29, 0.717) is 6.54 Å². The fraction of sp³-hybridized carbons (Fsp3) is 0.500. The van der Waals surface area contributed by atoms with Gasteiger partial charge < -0.3 is 11.1 Å². The summed E-state index contributed by atoms with van der Waals surface area (Å²) >= 11 is 0. The molecule has 0 heterocycles. The van der Waals surface area contributed by atoms with Crippen LogP contribution in [0, 0.1) is 0 Å². The highest BCUT2D eigenvalue weighted by Gasteiger charge is 2.10. The van der Waals surface area contributed by atoms with E-state index in [-0.39, 0.29) is 11.9 Å². The number of nitrogens with two attached hydrogens (primary N) is 1. The highest BCUT2D eigenvalue weighted by molar-refractivity contribution is 5.81. The van der Waals surface area contributed by atoms with Crippen LogP contribution in [-0.2, 0) is 11.2 Å². The fourth-order valence-corrected chi connectivity index (χ4v) is 1.72. The molecule has 1 atom stereocenters. The highest BCUT2D eigenvalue weighted by atomic mass is 16.2. The Kier molecular flexibility index (Phi) is 6.33. The minimum atomic E-state index is -0.350. The predicted molar refractivity (Wildman–Crippen MR) is 70.7 cm³/mol. The lowest BCUT2D eigenvalue weighted by molar-refractivity contribution is -0.122. The molecule has 0 radical (unpaired) electrons. The molecule has 0 spiro atoms. The maximum atomic E-state index is 11.5. The Labute approximate surface area is 103 Å². The van der Waals surface area contributed by atoms with E-state index in [4.69, 9.17) is 5.73 Å². The summed E-state index contributed by atoms with van der Waals surface area (Å²) < 4.78 is 0. The molecule has 3 N–H and O–H groups in total. The second-order valence-corrected chi connectivity index (χ2v) is 4.28. The molecule has 0 bridgehead atoms. The number of amides is 1. The summed E-state index contributed by atoms with van der Waals surface area (Å²) in [6.45, 7) is 2.73. The van der Waals surface area contributed by atoms with Crippen molar-refractivity contribution in [2.24, 2.45) is 5.73 Å². The number of nitrogens with one attached hydrogen (secondary N) is 1. The Morgan fingerprint density at radius 2 is 2.06 bits per heavy atom. The Morgan fingerprint density at radius 3 is 2.71 bits per heavy atom. The largest absolute Gasteiger partial charge is 0.355 e. The molecule has 0 unspecified atom stereocenters. The van der Waals surface area contributed by atoms with Crippen molar-refractivity contribution in [3.05, 3.63) is 35.9 Å². The van der Waals surface area contributed by atoms with E-state index < -0.39 is 0 Å². The van der Waals surface area contributed by atoms with Gasteiger partial charge in [0.1, 0.15) is 0 Å². The Balaban J connectivity index is 2.14. The summed E-state index contributed by atoms with van der Waals surface area (Å²) in [6, 6.07) is 9.93. The molecular formula is C14H22N2O. The standard InChI is InChI=1S/C14H22N2O/c1-2-7-13(15)14(17)16-11-6-10-12-8-4-3-5-9-12/h3-5,8-9,13H,2,6-7,10-11,15H2,1H3,(H,16,17)/t13-/m0/s1. The second-order valence-electron chi connectivity index (χ2n) is 4.28. The summed E-state index contributed by atoms with van der Waals surface area (Å²) in [5.74, 6) is -0.0279. The van der Waals surface area contributed by atoms with E-state index in [0.717, 1.165) is 25.7 Å². The average molecular weight is 234 g/mol. The molecule has 17 heavy (non-hydrogen) atoms. The quantitative estimate of drug-likeness (QED) is 0.708. The molecular weight excluding hydrogens is 212 g/mol. The predicted octanol–water partition coefficient (Wildman–Crippen LogP) is 1.86. The van der Waals surface area contributed by atoms with Gasteiger partial charge in [-0.15, -0.1) is 0 Å². The van der Waals surface area contributed by atoms with Gasteiger partial charge in [-0.25, -0.2) is 0 Å². The van der Waals surface area contributed by atoms with Gasteiger partial charge in [0.25, 0.3) is 0 Å². The number of carbonyl (C=O) groups excluding carboxylic acids is 1. The van der Waals surface area contributed by atoms with Crippen LogP contribution in [0.4, 0.5) is 0 Å². The van der Waals surface area contributed by atoms with Gasteiger partial charge in [-0.3, -0.25) is 4.79 Å². The average Bonchev–Trinajstić information content (AvgIpc) is 2.36. The van der Waals surface area contributed by atoms with Crippen molar-refractivity contribution in [2.45, 2.75) is 38.6 Å². The zero-order chi connectivity index (χ0) is 12.5. The smallest absolute Gasteiger partial charge is 0.236 e. The van der Waals surface area contributed by atoms with Gasteiger partial charge in [-0.05, 0) is 24.8 Å². The molecule has 1 aromatic carbocycles. The molecule has 0 aliphatic heterocycles. The summed E-state index contributed by atoms with van der Waals surface area (Å²) in [4.78, 5) is 11.5. The molecule has 0 fully saturated rings. The minimum absolute atomic E-state index is 0.0279. The van der Waals surface area contributed by atoms with Crippen molar-refractivity contribution in [2.75, 3.05) is 6.54 Å². The van der Waals surface area contributed by atoms with Gasteiger partial charge in [0.15, 0.2) is 0 Å². The Morgan fingerprint density at radius 1 is 1.35 bits per heavy atom. The number of hydrogen-bond donors (Lipinski definition) is 2. The molecule has 1 aromatic rings. The Bertz CT molecular complexity index is 324. The lowest BCUT2D eigenvalue weighted by Gasteiger charge is -2.10. The van der Waals surface area contributed by atoms with Gasteiger partial charge in [0.05, 0.1) is 6.04 Å². The summed E-state index contributed by atoms with van der Waals surface area (Å²) in [6.07, 6.45) is 3.64. The molecule has 1 amide bonds. The zero-order valence-corrected chi connectivity index (χ0v) is 10.5. The van der Waals surface area contributed by atoms with Crippen molar-refractivity contribution in [3.63, 3.8) is 0 Å². The van der Waals surface area contributed by atoms with E-state index in [1.165, 1.54) is 5.56 Å². The summed E-state index contributed by atoms with van der Waals surface area (Å²) in [7, 11) is 0. The number of aryl methyl sites for hydroxylation is 1. The summed E-state index contributed by atoms with van der Waals surface area (Å²) in [5, 5.41) is 2.87. The second kappa shape index (κ2) is 7.85. The van der Waals surface area contributed by atoms with Crippen molar-refractivity contribution in [3.8, 4) is 0 Å². The van der Waals surface area contributed by atoms with Crippen molar-refractivity contribution in [1.82, 2.24) is 5.32 Å². The molecule has 0 saturated carbocycles. The van der Waals surface area contributed by atoms with Crippen LogP contribution < -0.4 is 11.1 Å². The maximum Gasteiger partial charge on any atom is 0.236 e. The van der Waals surface area contributed by atoms with Crippen LogP contribution in [0.5, 0.6) is 0 Å². The van der Waals surface area contributed by atoms with E-state index in [1.807, 2.05) is 25.1 Å². The van der Waals surface area contributed by atoms with Gasteiger partial charge in [0.2, 0.25) is 5.91 Å². The molecule has 0 aromatic heterocycles. The molecule has 3 heteroatoms. The van der Waals surface area contributed by atoms with Gasteiger partial charge in [0, 0.05) is 6.54 Å². The first-order valence-corrected chi connectivity index (χ1v) is 6.31. The van der Waals surface area contributed by atoms with Crippen LogP contribution in [0.15, 0.2) is 30.3 Å². The third kappa shape index (κ3) is 5.50. The van der Waals surface area contributed by atoms with E-state index in [1.54, 1.807) is 0 Å².